The maximum atomic E-state index is 11.8. The third-order valence-corrected chi connectivity index (χ3v) is 3.66. The molecule has 2 fully saturated rings. The van der Waals surface area contributed by atoms with E-state index in [0.29, 0.717) is 12.5 Å². The summed E-state index contributed by atoms with van der Waals surface area (Å²) < 4.78 is 4.92. The maximum Gasteiger partial charge on any atom is 0.313 e. The van der Waals surface area contributed by atoms with E-state index in [-0.39, 0.29) is 11.4 Å². The first kappa shape index (κ1) is 9.97. The van der Waals surface area contributed by atoms with Gasteiger partial charge in [0.25, 0.3) is 0 Å². The van der Waals surface area contributed by atoms with Crippen molar-refractivity contribution in [3.8, 4) is 0 Å². The zero-order valence-corrected chi connectivity index (χ0v) is 8.79. The summed E-state index contributed by atoms with van der Waals surface area (Å²) in [4.78, 5) is 11.8. The molecule has 2 saturated carbocycles. The van der Waals surface area contributed by atoms with E-state index in [1.165, 1.54) is 20.0 Å². The minimum absolute atomic E-state index is 0.0746. The van der Waals surface area contributed by atoms with Crippen molar-refractivity contribution in [3.05, 3.63) is 0 Å². The second kappa shape index (κ2) is 3.54. The average Bonchev–Trinajstić information content (AvgIpc) is 3.02. The minimum Gasteiger partial charge on any atom is -0.469 e. The van der Waals surface area contributed by atoms with Gasteiger partial charge in [0, 0.05) is 6.54 Å². The summed E-state index contributed by atoms with van der Waals surface area (Å²) in [7, 11) is 1.47. The monoisotopic (exact) mass is 197 g/mol. The predicted octanol–water partition coefficient (Wildman–Crippen LogP) is 1.31. The van der Waals surface area contributed by atoms with Crippen molar-refractivity contribution in [3.63, 3.8) is 0 Å². The van der Waals surface area contributed by atoms with Crippen molar-refractivity contribution in [2.75, 3.05) is 13.7 Å². The number of esters is 1. The number of carbonyl (C=O) groups is 1. The van der Waals surface area contributed by atoms with E-state index in [0.717, 1.165) is 25.2 Å². The normalized spacial score (nSPS) is 25.6. The fraction of sp³-hybridized carbons (Fsp3) is 0.909. The summed E-state index contributed by atoms with van der Waals surface area (Å²) in [5.74, 6) is 1.16. The highest BCUT2D eigenvalue weighted by Crippen LogP contribution is 2.52. The van der Waals surface area contributed by atoms with Crippen molar-refractivity contribution < 1.29 is 9.53 Å². The molecule has 0 aromatic carbocycles. The first-order valence-corrected chi connectivity index (χ1v) is 5.51. The molecule has 1 unspecified atom stereocenters. The number of hydrogen-bond acceptors (Lipinski definition) is 3. The quantitative estimate of drug-likeness (QED) is 0.676. The molecular weight excluding hydrogens is 178 g/mol. The van der Waals surface area contributed by atoms with Gasteiger partial charge in [0.2, 0.25) is 0 Å². The molecule has 0 radical (unpaired) electrons. The Morgan fingerprint density at radius 2 is 2.07 bits per heavy atom. The van der Waals surface area contributed by atoms with Gasteiger partial charge in [0.15, 0.2) is 0 Å². The Kier molecular flexibility index (Phi) is 2.52. The number of carbonyl (C=O) groups excluding carboxylic acids is 1. The number of methoxy groups -OCH3 is 1. The third-order valence-electron chi connectivity index (χ3n) is 3.66. The van der Waals surface area contributed by atoms with Crippen LogP contribution in [-0.4, -0.2) is 19.6 Å². The van der Waals surface area contributed by atoms with Crippen LogP contribution in [0.1, 0.15) is 32.1 Å². The lowest BCUT2D eigenvalue weighted by Crippen LogP contribution is -2.42. The van der Waals surface area contributed by atoms with Gasteiger partial charge < -0.3 is 10.5 Å². The predicted molar refractivity (Wildman–Crippen MR) is 53.6 cm³/mol. The molecule has 2 aliphatic carbocycles. The summed E-state index contributed by atoms with van der Waals surface area (Å²) in [5, 5.41) is 0. The Hall–Kier alpha value is -0.570. The molecule has 0 heterocycles. The van der Waals surface area contributed by atoms with Crippen LogP contribution in [0.3, 0.4) is 0 Å². The van der Waals surface area contributed by atoms with E-state index in [1.54, 1.807) is 0 Å². The molecule has 2 rings (SSSR count). The highest BCUT2D eigenvalue weighted by molar-refractivity contribution is 5.78. The minimum atomic E-state index is -0.337. The second-order valence-electron chi connectivity index (χ2n) is 4.77. The van der Waals surface area contributed by atoms with Crippen molar-refractivity contribution in [2.24, 2.45) is 23.0 Å². The molecule has 0 aliphatic heterocycles. The van der Waals surface area contributed by atoms with Gasteiger partial charge in [0.05, 0.1) is 12.5 Å². The Labute approximate surface area is 85.0 Å². The summed E-state index contributed by atoms with van der Waals surface area (Å²) in [6.45, 7) is 0.459. The fourth-order valence-electron chi connectivity index (χ4n) is 2.43. The molecule has 1 atom stereocenters. The van der Waals surface area contributed by atoms with Gasteiger partial charge in [-0.3, -0.25) is 4.79 Å². The van der Waals surface area contributed by atoms with Crippen LogP contribution in [0, 0.1) is 17.3 Å². The number of rotatable bonds is 5. The van der Waals surface area contributed by atoms with Gasteiger partial charge in [-0.25, -0.2) is 0 Å². The van der Waals surface area contributed by atoms with Gasteiger partial charge >= 0.3 is 5.97 Å². The zero-order chi connectivity index (χ0) is 10.2. The van der Waals surface area contributed by atoms with E-state index in [1.807, 2.05) is 0 Å². The van der Waals surface area contributed by atoms with Crippen LogP contribution in [0.5, 0.6) is 0 Å². The standard InChI is InChI=1S/C11H19NO2/c1-14-10(13)11(7-12,9-4-5-9)6-8-2-3-8/h8-9H,2-7,12H2,1H3. The number of ether oxygens (including phenoxy) is 1. The molecule has 0 amide bonds. The Bertz CT molecular complexity index is 233. The first-order chi connectivity index (χ1) is 6.73. The van der Waals surface area contributed by atoms with Gasteiger partial charge in [-0.05, 0) is 31.1 Å². The summed E-state index contributed by atoms with van der Waals surface area (Å²) >= 11 is 0. The maximum absolute atomic E-state index is 11.8. The van der Waals surface area contributed by atoms with Crippen LogP contribution in [0.25, 0.3) is 0 Å². The first-order valence-electron chi connectivity index (χ1n) is 5.51. The third kappa shape index (κ3) is 1.65. The largest absolute Gasteiger partial charge is 0.469 e. The average molecular weight is 197 g/mol. The molecular formula is C11H19NO2. The van der Waals surface area contributed by atoms with Crippen LogP contribution < -0.4 is 5.73 Å². The smallest absolute Gasteiger partial charge is 0.313 e. The second-order valence-corrected chi connectivity index (χ2v) is 4.77. The van der Waals surface area contributed by atoms with E-state index in [2.05, 4.69) is 0 Å². The van der Waals surface area contributed by atoms with E-state index >= 15 is 0 Å². The van der Waals surface area contributed by atoms with Crippen LogP contribution in [0.2, 0.25) is 0 Å². The van der Waals surface area contributed by atoms with Gasteiger partial charge in [-0.15, -0.1) is 0 Å². The number of nitrogens with two attached hydrogens (primary N) is 1. The molecule has 0 saturated heterocycles. The molecule has 0 aromatic heterocycles. The molecule has 3 nitrogen and oxygen atoms in total. The SMILES string of the molecule is COC(=O)C(CN)(CC1CC1)C1CC1. The zero-order valence-electron chi connectivity index (χ0n) is 8.79. The summed E-state index contributed by atoms with van der Waals surface area (Å²) in [6.07, 6.45) is 5.80. The molecule has 80 valence electrons. The number of hydrogen-bond donors (Lipinski definition) is 1. The summed E-state index contributed by atoms with van der Waals surface area (Å²) in [5.41, 5.74) is 5.46. The van der Waals surface area contributed by atoms with Crippen molar-refractivity contribution in [1.82, 2.24) is 0 Å². The Balaban J connectivity index is 2.10. The van der Waals surface area contributed by atoms with Crippen LogP contribution in [0.4, 0.5) is 0 Å². The van der Waals surface area contributed by atoms with Gasteiger partial charge in [0.1, 0.15) is 0 Å². The van der Waals surface area contributed by atoms with E-state index in [4.69, 9.17) is 10.5 Å². The molecule has 0 aromatic rings. The molecule has 0 bridgehead atoms. The van der Waals surface area contributed by atoms with Crippen molar-refractivity contribution in [1.29, 1.82) is 0 Å². The Morgan fingerprint density at radius 3 is 2.43 bits per heavy atom. The van der Waals surface area contributed by atoms with Crippen LogP contribution >= 0.6 is 0 Å². The van der Waals surface area contributed by atoms with E-state index < -0.39 is 0 Å². The van der Waals surface area contributed by atoms with Crippen LogP contribution in [-0.2, 0) is 9.53 Å². The summed E-state index contributed by atoms with van der Waals surface area (Å²) in [6, 6.07) is 0. The van der Waals surface area contributed by atoms with Gasteiger partial charge in [-0.1, -0.05) is 12.8 Å². The molecule has 0 spiro atoms. The highest BCUT2D eigenvalue weighted by Gasteiger charge is 2.52. The molecule has 3 heteroatoms. The molecule has 14 heavy (non-hydrogen) atoms. The van der Waals surface area contributed by atoms with E-state index in [9.17, 15) is 4.79 Å². The molecule has 2 aliphatic rings. The fourth-order valence-corrected chi connectivity index (χ4v) is 2.43. The van der Waals surface area contributed by atoms with Crippen molar-refractivity contribution >= 4 is 5.97 Å². The lowest BCUT2D eigenvalue weighted by molar-refractivity contribution is -0.154. The lowest BCUT2D eigenvalue weighted by atomic mass is 9.77. The topological polar surface area (TPSA) is 52.3 Å². The van der Waals surface area contributed by atoms with Crippen LogP contribution in [0.15, 0.2) is 0 Å². The van der Waals surface area contributed by atoms with Gasteiger partial charge in [-0.2, -0.15) is 0 Å². The van der Waals surface area contributed by atoms with Crippen molar-refractivity contribution in [2.45, 2.75) is 32.1 Å². The molecule has 2 N–H and O–H groups in total. The lowest BCUT2D eigenvalue weighted by Gasteiger charge is -2.29. The highest BCUT2D eigenvalue weighted by atomic mass is 16.5. The Morgan fingerprint density at radius 1 is 1.43 bits per heavy atom.